The molecule has 142 valence electrons. The summed E-state index contributed by atoms with van der Waals surface area (Å²) in [5, 5.41) is 29.3. The van der Waals surface area contributed by atoms with Crippen LogP contribution in [0.25, 0.3) is 11.2 Å². The van der Waals surface area contributed by atoms with E-state index in [1.54, 1.807) is 0 Å². The SMILES string of the molecule is Nc1ncnc2c1ncn2[C@@H]1O[C@H](CSCC[C@H](N)C(=O)O)C(O)C1O. The standard InChI is InChI=1S/C14H20N6O5S/c15-6(14(23)24)1-2-26-3-7-9(21)10(22)13(25-7)20-5-19-8-11(16)17-4-18-12(8)20/h4-7,9-10,13,21-22H,1-3,15H2,(H,23,24)(H2,16,17,18)/t6-,7+,9?,10?,13+/m0/s1. The number of anilines is 1. The van der Waals surface area contributed by atoms with E-state index >= 15 is 0 Å². The highest BCUT2D eigenvalue weighted by Crippen LogP contribution is 2.33. The number of carbonyl (C=O) groups is 1. The molecule has 1 aliphatic heterocycles. The van der Waals surface area contributed by atoms with Crippen LogP contribution in [-0.2, 0) is 9.53 Å². The average Bonchev–Trinajstić information content (AvgIpc) is 3.15. The number of carboxylic acid groups (broad SMARTS) is 1. The Morgan fingerprint density at radius 2 is 2.12 bits per heavy atom. The van der Waals surface area contributed by atoms with Crippen molar-refractivity contribution >= 4 is 34.7 Å². The molecule has 3 heterocycles. The van der Waals surface area contributed by atoms with Crippen LogP contribution in [0.2, 0.25) is 0 Å². The Labute approximate surface area is 152 Å². The maximum Gasteiger partial charge on any atom is 0.320 e. The number of aliphatic carboxylic acids is 1. The van der Waals surface area contributed by atoms with Gasteiger partial charge in [-0.2, -0.15) is 11.8 Å². The smallest absolute Gasteiger partial charge is 0.320 e. The first-order valence-electron chi connectivity index (χ1n) is 7.91. The summed E-state index contributed by atoms with van der Waals surface area (Å²) in [6.07, 6.45) is -0.747. The number of thioether (sulfide) groups is 1. The van der Waals surface area contributed by atoms with Gasteiger partial charge in [-0.3, -0.25) is 9.36 Å². The second-order valence-electron chi connectivity index (χ2n) is 5.94. The largest absolute Gasteiger partial charge is 0.480 e. The van der Waals surface area contributed by atoms with E-state index in [1.165, 1.54) is 29.0 Å². The van der Waals surface area contributed by atoms with Gasteiger partial charge in [0.05, 0.1) is 12.4 Å². The molecule has 0 aliphatic carbocycles. The Bertz CT molecular complexity index is 788. The van der Waals surface area contributed by atoms with Crippen molar-refractivity contribution in [3.05, 3.63) is 12.7 Å². The molecule has 2 aromatic heterocycles. The predicted octanol–water partition coefficient (Wildman–Crippen LogP) is -1.44. The molecule has 1 fully saturated rings. The van der Waals surface area contributed by atoms with E-state index in [-0.39, 0.29) is 5.82 Å². The molecule has 0 saturated carbocycles. The third kappa shape index (κ3) is 3.59. The van der Waals surface area contributed by atoms with E-state index < -0.39 is 36.6 Å². The fourth-order valence-electron chi connectivity index (χ4n) is 2.69. The van der Waals surface area contributed by atoms with Crippen molar-refractivity contribution in [1.82, 2.24) is 19.5 Å². The van der Waals surface area contributed by atoms with Gasteiger partial charge in [0.1, 0.15) is 30.1 Å². The molecule has 2 aromatic rings. The van der Waals surface area contributed by atoms with Crippen LogP contribution in [0.1, 0.15) is 12.6 Å². The molecule has 2 unspecified atom stereocenters. The van der Waals surface area contributed by atoms with Crippen LogP contribution in [0.15, 0.2) is 12.7 Å². The maximum atomic E-state index is 10.7. The molecule has 3 rings (SSSR count). The van der Waals surface area contributed by atoms with E-state index in [0.717, 1.165) is 0 Å². The number of aliphatic hydroxyl groups is 2. The van der Waals surface area contributed by atoms with Crippen molar-refractivity contribution in [2.24, 2.45) is 5.73 Å². The van der Waals surface area contributed by atoms with Gasteiger partial charge in [-0.1, -0.05) is 0 Å². The minimum Gasteiger partial charge on any atom is -0.480 e. The van der Waals surface area contributed by atoms with Crippen LogP contribution in [0.3, 0.4) is 0 Å². The molecule has 0 spiro atoms. The zero-order valence-electron chi connectivity index (χ0n) is 13.7. The second kappa shape index (κ2) is 7.72. The van der Waals surface area contributed by atoms with Crippen LogP contribution in [0.5, 0.6) is 0 Å². The van der Waals surface area contributed by atoms with Crippen LogP contribution in [0, 0.1) is 0 Å². The van der Waals surface area contributed by atoms with Gasteiger partial charge in [-0.25, -0.2) is 15.0 Å². The summed E-state index contributed by atoms with van der Waals surface area (Å²) in [6, 6.07) is -0.919. The number of carboxylic acids is 1. The van der Waals surface area contributed by atoms with Gasteiger partial charge in [-0.05, 0) is 12.2 Å². The quantitative estimate of drug-likeness (QED) is 0.352. The molecule has 0 bridgehead atoms. The number of hydrogen-bond donors (Lipinski definition) is 5. The number of nitrogens with zero attached hydrogens (tertiary/aromatic N) is 4. The van der Waals surface area contributed by atoms with Crippen molar-refractivity contribution in [2.45, 2.75) is 37.0 Å². The van der Waals surface area contributed by atoms with Crippen molar-refractivity contribution in [1.29, 1.82) is 0 Å². The summed E-state index contributed by atoms with van der Waals surface area (Å²) >= 11 is 1.40. The Balaban J connectivity index is 1.64. The van der Waals surface area contributed by atoms with Crippen molar-refractivity contribution in [3.8, 4) is 0 Å². The van der Waals surface area contributed by atoms with E-state index in [0.29, 0.717) is 29.1 Å². The van der Waals surface area contributed by atoms with Crippen LogP contribution in [0.4, 0.5) is 5.82 Å². The number of fused-ring (bicyclic) bond motifs is 1. The summed E-state index contributed by atoms with van der Waals surface area (Å²) in [5.41, 5.74) is 12.0. The summed E-state index contributed by atoms with van der Waals surface area (Å²) in [7, 11) is 0. The minimum atomic E-state index is -1.17. The Morgan fingerprint density at radius 1 is 1.35 bits per heavy atom. The lowest BCUT2D eigenvalue weighted by atomic mass is 10.1. The molecule has 0 amide bonds. The van der Waals surface area contributed by atoms with Gasteiger partial charge < -0.3 is 31.5 Å². The molecular formula is C14H20N6O5S. The number of imidazole rings is 1. The average molecular weight is 384 g/mol. The van der Waals surface area contributed by atoms with Gasteiger partial charge in [0.25, 0.3) is 0 Å². The highest BCUT2D eigenvalue weighted by molar-refractivity contribution is 7.99. The van der Waals surface area contributed by atoms with E-state index in [9.17, 15) is 15.0 Å². The van der Waals surface area contributed by atoms with Crippen LogP contribution in [-0.4, -0.2) is 76.7 Å². The van der Waals surface area contributed by atoms with Crippen LogP contribution < -0.4 is 11.5 Å². The fraction of sp³-hybridized carbons (Fsp3) is 0.571. The van der Waals surface area contributed by atoms with Crippen molar-refractivity contribution < 1.29 is 24.9 Å². The third-order valence-electron chi connectivity index (χ3n) is 4.17. The van der Waals surface area contributed by atoms with Crippen LogP contribution >= 0.6 is 11.8 Å². The molecule has 26 heavy (non-hydrogen) atoms. The first-order chi connectivity index (χ1) is 12.4. The molecule has 0 radical (unpaired) electrons. The number of aromatic nitrogens is 4. The zero-order valence-corrected chi connectivity index (χ0v) is 14.5. The van der Waals surface area contributed by atoms with Crippen molar-refractivity contribution in [3.63, 3.8) is 0 Å². The van der Waals surface area contributed by atoms with Crippen molar-refractivity contribution in [2.75, 3.05) is 17.2 Å². The normalized spacial score (nSPS) is 27.0. The minimum absolute atomic E-state index is 0.212. The highest BCUT2D eigenvalue weighted by atomic mass is 32.2. The van der Waals surface area contributed by atoms with Gasteiger partial charge in [-0.15, -0.1) is 0 Å². The maximum absolute atomic E-state index is 10.7. The molecule has 12 heteroatoms. The van der Waals surface area contributed by atoms with E-state index in [4.69, 9.17) is 21.3 Å². The monoisotopic (exact) mass is 384 g/mol. The van der Waals surface area contributed by atoms with Gasteiger partial charge in [0, 0.05) is 5.75 Å². The number of aliphatic hydroxyl groups excluding tert-OH is 2. The lowest BCUT2D eigenvalue weighted by Crippen LogP contribution is -2.33. The molecule has 5 atom stereocenters. The van der Waals surface area contributed by atoms with Gasteiger partial charge >= 0.3 is 5.97 Å². The fourth-order valence-corrected chi connectivity index (χ4v) is 3.78. The van der Waals surface area contributed by atoms with E-state index in [2.05, 4.69) is 15.0 Å². The molecule has 11 nitrogen and oxygen atoms in total. The Hall–Kier alpha value is -1.99. The van der Waals surface area contributed by atoms with E-state index in [1.807, 2.05) is 0 Å². The number of hydrogen-bond acceptors (Lipinski definition) is 10. The van der Waals surface area contributed by atoms with Gasteiger partial charge in [0.15, 0.2) is 17.7 Å². The lowest BCUT2D eigenvalue weighted by Gasteiger charge is -2.16. The number of ether oxygens (including phenoxy) is 1. The molecular weight excluding hydrogens is 364 g/mol. The predicted molar refractivity (Wildman–Crippen MR) is 93.2 cm³/mol. The number of nitrogen functional groups attached to an aromatic ring is 1. The lowest BCUT2D eigenvalue weighted by molar-refractivity contribution is -0.138. The first-order valence-corrected chi connectivity index (χ1v) is 9.06. The summed E-state index contributed by atoms with van der Waals surface area (Å²) in [6.45, 7) is 0. The molecule has 7 N–H and O–H groups in total. The molecule has 1 aliphatic rings. The highest BCUT2D eigenvalue weighted by Gasteiger charge is 2.44. The second-order valence-corrected chi connectivity index (χ2v) is 7.09. The Kier molecular flexibility index (Phi) is 5.58. The summed E-state index contributed by atoms with van der Waals surface area (Å²) in [4.78, 5) is 22.8. The summed E-state index contributed by atoms with van der Waals surface area (Å²) < 4.78 is 7.29. The first kappa shape index (κ1) is 18.8. The summed E-state index contributed by atoms with van der Waals surface area (Å²) in [5.74, 6) is 0.0405. The van der Waals surface area contributed by atoms with Gasteiger partial charge in [0.2, 0.25) is 0 Å². The number of nitrogens with two attached hydrogens (primary N) is 2. The topological polar surface area (TPSA) is 183 Å². The molecule has 0 aromatic carbocycles. The molecule has 1 saturated heterocycles. The third-order valence-corrected chi connectivity index (χ3v) is 5.26. The zero-order chi connectivity index (χ0) is 18.8. The number of rotatable bonds is 7. The Morgan fingerprint density at radius 3 is 2.85 bits per heavy atom.